The van der Waals surface area contributed by atoms with Crippen LogP contribution in [0, 0.1) is 0 Å². The first-order valence-electron chi connectivity index (χ1n) is 38.2. The second kappa shape index (κ2) is 42.2. The molecule has 0 saturated carbocycles. The van der Waals surface area contributed by atoms with Gasteiger partial charge in [0.2, 0.25) is 0 Å². The van der Waals surface area contributed by atoms with E-state index in [1.165, 1.54) is 158 Å². The fourth-order valence-electron chi connectivity index (χ4n) is 13.1. The van der Waals surface area contributed by atoms with Gasteiger partial charge in [-0.1, -0.05) is 199 Å². The maximum atomic E-state index is 15.1. The summed E-state index contributed by atoms with van der Waals surface area (Å²) in [5, 5.41) is 6.60. The summed E-state index contributed by atoms with van der Waals surface area (Å²) in [5.74, 6) is -9.43. The number of carbonyl (C=O) groups is 10. The van der Waals surface area contributed by atoms with Crippen molar-refractivity contribution in [3.63, 3.8) is 0 Å². The average Bonchev–Trinajstić information content (AvgIpc) is 0.768. The number of esters is 9. The molecule has 0 aliphatic carbocycles. The maximum Gasteiger partial charge on any atom is 0.407 e. The number of rotatable bonds is 32. The smallest absolute Gasteiger partial charge is 0.407 e. The quantitative estimate of drug-likeness (QED) is 0.0102. The largest absolute Gasteiger partial charge is 0.459 e. The Morgan fingerprint density at radius 3 is 0.860 bits per heavy atom. The van der Waals surface area contributed by atoms with Crippen LogP contribution in [0.15, 0.2) is 308 Å². The first-order chi connectivity index (χ1) is 59.1. The molecule has 3 aliphatic heterocycles. The monoisotopic (exact) mass is 1640 g/mol. The number of nitrogens with one attached hydrogen (secondary N) is 1. The predicted octanol–water partition coefficient (Wildman–Crippen LogP) is 12.5. The third-order valence-electron chi connectivity index (χ3n) is 19.1. The number of hydrogen-bond acceptors (Lipinski definition) is 27. The fraction of sp³-hybridized carbons (Fsp3) is 0.231. The van der Waals surface area contributed by atoms with E-state index in [1.54, 1.807) is 146 Å². The molecule has 3 fully saturated rings. The van der Waals surface area contributed by atoms with Crippen molar-refractivity contribution in [2.75, 3.05) is 33.0 Å². The highest BCUT2D eigenvalue weighted by Gasteiger charge is 2.58. The van der Waals surface area contributed by atoms with Crippen LogP contribution in [-0.2, 0) is 82.4 Å². The number of amides is 1. The lowest BCUT2D eigenvalue weighted by Gasteiger charge is -2.47. The molecule has 618 valence electrons. The van der Waals surface area contributed by atoms with Crippen molar-refractivity contribution in [3.8, 4) is 0 Å². The molecule has 1 N–H and O–H groups in total. The number of nitrogens with zero attached hydrogens (tertiary/aromatic N) is 3. The topological polar surface area (TPSA) is 379 Å². The molecule has 3 aliphatic rings. The molecule has 30 nitrogen and oxygen atoms in total. The summed E-state index contributed by atoms with van der Waals surface area (Å²) in [6.45, 7) is -3.61. The molecule has 0 unspecified atom stereocenters. The van der Waals surface area contributed by atoms with Crippen LogP contribution in [0.25, 0.3) is 10.4 Å². The Bertz CT molecular complexity index is 5170. The van der Waals surface area contributed by atoms with Crippen LogP contribution in [0.1, 0.15) is 98.8 Å². The van der Waals surface area contributed by atoms with Gasteiger partial charge < -0.3 is 81.1 Å². The molecule has 121 heavy (non-hydrogen) atoms. The summed E-state index contributed by atoms with van der Waals surface area (Å²) in [7, 11) is 0. The molecule has 0 radical (unpaired) electrons. The summed E-state index contributed by atoms with van der Waals surface area (Å²) >= 11 is 0. The van der Waals surface area contributed by atoms with Crippen molar-refractivity contribution in [1.82, 2.24) is 5.32 Å². The van der Waals surface area contributed by atoms with Crippen LogP contribution in [0.4, 0.5) is 4.79 Å². The lowest BCUT2D eigenvalue weighted by molar-refractivity contribution is -0.336. The highest BCUT2D eigenvalue weighted by Crippen LogP contribution is 2.38. The van der Waals surface area contributed by atoms with Gasteiger partial charge in [-0.05, 0) is 120 Å². The predicted molar refractivity (Wildman–Crippen MR) is 423 cm³/mol. The van der Waals surface area contributed by atoms with Crippen molar-refractivity contribution < 1.29 is 124 Å². The first-order valence-corrected chi connectivity index (χ1v) is 38.2. The van der Waals surface area contributed by atoms with Crippen LogP contribution < -0.4 is 5.32 Å². The number of hydrogen-bond donors (Lipinski definition) is 1. The minimum absolute atomic E-state index is 0.00793. The summed E-state index contributed by atoms with van der Waals surface area (Å²) in [4.78, 5) is 149. The van der Waals surface area contributed by atoms with Crippen molar-refractivity contribution >= 4 is 59.8 Å². The Kier molecular flexibility index (Phi) is 29.6. The van der Waals surface area contributed by atoms with E-state index >= 15 is 14.4 Å². The molecular weight excluding hydrogens is 1570 g/mol. The molecule has 1 amide bonds. The van der Waals surface area contributed by atoms with E-state index in [-0.39, 0.29) is 63.2 Å². The molecule has 3 saturated heterocycles. The van der Waals surface area contributed by atoms with Gasteiger partial charge in [0.1, 0.15) is 37.6 Å². The zero-order chi connectivity index (χ0) is 84.2. The van der Waals surface area contributed by atoms with Crippen LogP contribution >= 0.6 is 0 Å². The standard InChI is InChI=1S/C91H78N4O26/c92-95-94-70-67(54-107-79(96)58-33-13-2-14-34-58)111-89(76(119-85(102)64-45-25-8-26-46-64)73(70)116-82(99)61-39-19-5-20-40-61)108-56-69-72(115-81(98)60-37-17-4-18-38-60)75(118-84(101)63-43-23-7-24-44-63)78(121-87(104)66-49-29-10-30-50-66)90(113-69)109-55-68-71(114-80(97)59-35-15-3-16-36-59)74(117-83(100)62-41-21-6-22-42-62)77(120-86(103)65-47-27-9-28-48-65)88(112-68)106-52-51-93-91(105)110-53-57-31-11-1-12-32-57/h1-50,67-78,88-90H,51-56H2,(H,93,105)/t67-,68-,69-,70-,71-,72-,73+,74+,75+,76-,77+,78+,88+,89-,90+/m1/s1. The Morgan fingerprint density at radius 1 is 0.289 bits per heavy atom. The molecule has 0 aromatic heterocycles. The van der Waals surface area contributed by atoms with E-state index in [2.05, 4.69) is 15.3 Å². The van der Waals surface area contributed by atoms with Gasteiger partial charge in [-0.2, -0.15) is 0 Å². The number of carbonyl (C=O) groups excluding carboxylic acids is 10. The molecule has 10 aromatic rings. The average molecular weight is 1640 g/mol. The highest BCUT2D eigenvalue weighted by molar-refractivity contribution is 5.94. The van der Waals surface area contributed by atoms with Crippen LogP contribution in [0.2, 0.25) is 0 Å². The van der Waals surface area contributed by atoms with E-state index in [1.807, 2.05) is 0 Å². The number of azide groups is 1. The minimum Gasteiger partial charge on any atom is -0.459 e. The number of benzene rings is 10. The zero-order valence-electron chi connectivity index (χ0n) is 64.2. The summed E-state index contributed by atoms with van der Waals surface area (Å²) in [5.41, 5.74) is 10.7. The summed E-state index contributed by atoms with van der Waals surface area (Å²) < 4.78 is 103. The molecule has 30 heteroatoms. The van der Waals surface area contributed by atoms with E-state index in [0.29, 0.717) is 5.56 Å². The molecule has 3 heterocycles. The number of ether oxygens (including phenoxy) is 16. The van der Waals surface area contributed by atoms with Gasteiger partial charge in [0.25, 0.3) is 0 Å². The van der Waals surface area contributed by atoms with E-state index in [0.717, 1.165) is 0 Å². The molecule has 15 atom stereocenters. The SMILES string of the molecule is [N-]=[N+]=N[C@H]1[C@H](OC(=O)c2ccccc2)[C@@H](OC(=O)c2ccccc2)[C@H](OC[C@H]2O[C@H](OC[C@H]3O[C@H](OCCNC(=O)OCc4ccccc4)[C@@H](OC(=O)c4ccccc4)[C@@H](OC(=O)c4ccccc4)[C@@H]3OC(=O)c3ccccc3)[C@@H](OC(=O)c3ccccc3)[C@@H](OC(=O)c3ccccc3)[C@@H]2OC(=O)c2ccccc2)O[C@@H]1COC(=O)c1ccccc1. The third-order valence-corrected chi connectivity index (χ3v) is 19.1. The Balaban J connectivity index is 0.933. The first kappa shape index (κ1) is 84.7. The van der Waals surface area contributed by atoms with Crippen molar-refractivity contribution in [3.05, 3.63) is 369 Å². The van der Waals surface area contributed by atoms with Gasteiger partial charge in [-0.25, -0.2) is 47.9 Å². The van der Waals surface area contributed by atoms with Crippen molar-refractivity contribution in [1.29, 1.82) is 0 Å². The summed E-state index contributed by atoms with van der Waals surface area (Å²) in [6.07, 6.45) is -28.5. The Labute approximate surface area is 691 Å². The lowest BCUT2D eigenvalue weighted by atomic mass is 9.95. The Morgan fingerprint density at radius 2 is 0.545 bits per heavy atom. The molecule has 13 rings (SSSR count). The fourth-order valence-corrected chi connectivity index (χ4v) is 13.1. The van der Waals surface area contributed by atoms with E-state index < -0.39 is 178 Å². The molecule has 0 bridgehead atoms. The zero-order valence-corrected chi connectivity index (χ0v) is 64.2. The van der Waals surface area contributed by atoms with Crippen LogP contribution in [-0.4, -0.2) is 185 Å². The van der Waals surface area contributed by atoms with Gasteiger partial charge in [0, 0.05) is 11.5 Å². The van der Waals surface area contributed by atoms with E-state index in [9.17, 15) is 39.1 Å². The van der Waals surface area contributed by atoms with Gasteiger partial charge in [-0.15, -0.1) is 0 Å². The van der Waals surface area contributed by atoms with Crippen molar-refractivity contribution in [2.45, 2.75) is 98.7 Å². The van der Waals surface area contributed by atoms with Crippen LogP contribution in [0.3, 0.4) is 0 Å². The lowest BCUT2D eigenvalue weighted by Crippen LogP contribution is -2.65. The second-order valence-electron chi connectivity index (χ2n) is 27.2. The van der Waals surface area contributed by atoms with Gasteiger partial charge >= 0.3 is 59.8 Å². The van der Waals surface area contributed by atoms with Crippen LogP contribution in [0.5, 0.6) is 0 Å². The second-order valence-corrected chi connectivity index (χ2v) is 27.2. The van der Waals surface area contributed by atoms with Gasteiger partial charge in [0.05, 0.1) is 69.9 Å². The highest BCUT2D eigenvalue weighted by atomic mass is 16.8. The maximum absolute atomic E-state index is 15.1. The van der Waals surface area contributed by atoms with Gasteiger partial charge in [0.15, 0.2) is 67.7 Å². The molecular formula is C91H78N4O26. The molecule has 0 spiro atoms. The Hall–Kier alpha value is -14.2. The van der Waals surface area contributed by atoms with Crippen molar-refractivity contribution in [2.24, 2.45) is 5.11 Å². The molecule has 10 aromatic carbocycles. The van der Waals surface area contributed by atoms with Gasteiger partial charge in [-0.3, -0.25) is 0 Å². The third kappa shape index (κ3) is 22.7. The van der Waals surface area contributed by atoms with E-state index in [4.69, 9.17) is 75.8 Å². The summed E-state index contributed by atoms with van der Waals surface area (Å²) in [6, 6.07) is 75.2. The minimum atomic E-state index is -2.18. The number of alkyl carbamates (subject to hydrolysis) is 1. The normalized spacial score (nSPS) is 22.2.